The molecule has 0 atom stereocenters. The molecule has 1 fully saturated rings. The van der Waals surface area contributed by atoms with Gasteiger partial charge in [0.2, 0.25) is 10.0 Å². The molecular weight excluding hydrogens is 390 g/mol. The van der Waals surface area contributed by atoms with E-state index >= 15 is 0 Å². The third kappa shape index (κ3) is 5.87. The first-order chi connectivity index (χ1) is 11.2. The molecule has 1 saturated heterocycles. The second kappa shape index (κ2) is 8.74. The van der Waals surface area contributed by atoms with Gasteiger partial charge < -0.3 is 10.1 Å². The lowest BCUT2D eigenvalue weighted by Crippen LogP contribution is -2.47. The summed E-state index contributed by atoms with van der Waals surface area (Å²) in [7, 11) is -5.62. The van der Waals surface area contributed by atoms with Gasteiger partial charge in [0.25, 0.3) is 0 Å². The summed E-state index contributed by atoms with van der Waals surface area (Å²) in [4.78, 5) is 3.66. The molecule has 2 rings (SSSR count). The van der Waals surface area contributed by atoms with Crippen LogP contribution < -0.4 is 10.0 Å². The summed E-state index contributed by atoms with van der Waals surface area (Å²) in [5.74, 6) is 0. The van der Waals surface area contributed by atoms with Gasteiger partial charge in [-0.15, -0.1) is 12.4 Å². The molecule has 0 aliphatic carbocycles. The van der Waals surface area contributed by atoms with Crippen LogP contribution in [0.5, 0.6) is 0 Å². The van der Waals surface area contributed by atoms with Crippen molar-refractivity contribution in [1.82, 2.24) is 15.0 Å². The van der Waals surface area contributed by atoms with Crippen LogP contribution >= 0.6 is 12.4 Å². The van der Waals surface area contributed by atoms with Crippen molar-refractivity contribution in [3.8, 4) is 0 Å². The second-order valence-electron chi connectivity index (χ2n) is 6.11. The van der Waals surface area contributed by atoms with Crippen molar-refractivity contribution in [2.24, 2.45) is 5.41 Å². The molecule has 1 aromatic heterocycles. The van der Waals surface area contributed by atoms with E-state index in [1.165, 1.54) is 12.1 Å². The van der Waals surface area contributed by atoms with Crippen LogP contribution in [0.3, 0.4) is 0 Å². The van der Waals surface area contributed by atoms with Crippen molar-refractivity contribution in [3.63, 3.8) is 0 Å². The maximum absolute atomic E-state index is 12.4. The number of hydrogen-bond donors (Lipinski definition) is 2. The Kier molecular flexibility index (Phi) is 7.78. The molecular formula is C14H24ClN3O5S2. The molecule has 8 nitrogen and oxygen atoms in total. The van der Waals surface area contributed by atoms with Crippen LogP contribution in [0.25, 0.3) is 0 Å². The number of aromatic nitrogens is 1. The number of nitrogens with zero attached hydrogens (tertiary/aromatic N) is 1. The van der Waals surface area contributed by atoms with Gasteiger partial charge in [-0.05, 0) is 38.1 Å². The lowest BCUT2D eigenvalue weighted by atomic mass is 9.80. The highest BCUT2D eigenvalue weighted by atomic mass is 35.5. The molecule has 0 aromatic carbocycles. The fourth-order valence-corrected chi connectivity index (χ4v) is 4.37. The van der Waals surface area contributed by atoms with E-state index in [0.29, 0.717) is 6.61 Å². The van der Waals surface area contributed by atoms with E-state index in [4.69, 9.17) is 4.74 Å². The molecule has 2 heterocycles. The summed E-state index contributed by atoms with van der Waals surface area (Å²) < 4.78 is 55.5. The molecule has 2 N–H and O–H groups in total. The Bertz CT molecular complexity index is 755. The third-order valence-corrected chi connectivity index (χ3v) is 6.54. The number of ether oxygens (including phenoxy) is 1. The van der Waals surface area contributed by atoms with Gasteiger partial charge in [0.05, 0.1) is 6.61 Å². The highest BCUT2D eigenvalue weighted by Crippen LogP contribution is 2.28. The number of hydrogen-bond acceptors (Lipinski definition) is 7. The Hall–Kier alpha value is -0.780. The van der Waals surface area contributed by atoms with Crippen molar-refractivity contribution in [3.05, 3.63) is 18.3 Å². The van der Waals surface area contributed by atoms with Crippen LogP contribution in [-0.4, -0.2) is 61.4 Å². The summed E-state index contributed by atoms with van der Waals surface area (Å²) in [6, 6.07) is 2.44. The molecule has 1 aliphatic rings. The monoisotopic (exact) mass is 413 g/mol. The zero-order valence-electron chi connectivity index (χ0n) is 14.2. The molecule has 1 aromatic rings. The van der Waals surface area contributed by atoms with Crippen LogP contribution in [0.2, 0.25) is 0 Å². The van der Waals surface area contributed by atoms with Crippen molar-refractivity contribution in [2.75, 3.05) is 39.6 Å². The van der Waals surface area contributed by atoms with Crippen molar-refractivity contribution < 1.29 is 21.6 Å². The van der Waals surface area contributed by atoms with Gasteiger partial charge >= 0.3 is 0 Å². The van der Waals surface area contributed by atoms with E-state index in [-0.39, 0.29) is 34.3 Å². The molecule has 0 bridgehead atoms. The van der Waals surface area contributed by atoms with Crippen LogP contribution in [-0.2, 0) is 24.6 Å². The first kappa shape index (κ1) is 22.3. The summed E-state index contributed by atoms with van der Waals surface area (Å²) in [6.07, 6.45) is 3.71. The molecule has 0 amide bonds. The van der Waals surface area contributed by atoms with Gasteiger partial charge in [0, 0.05) is 31.5 Å². The smallest absolute Gasteiger partial charge is 0.242 e. The summed E-state index contributed by atoms with van der Waals surface area (Å²) in [5, 5.41) is 3.09. The maximum atomic E-state index is 12.4. The SMILES string of the molecule is COCC1(CNS(=O)(=O)c2ccc(S(C)(=O)=O)nc2)CCNCC1.Cl. The Balaban J connectivity index is 0.00000312. The zero-order chi connectivity index (χ0) is 17.8. The van der Waals surface area contributed by atoms with E-state index in [1.54, 1.807) is 7.11 Å². The normalized spacial score (nSPS) is 17.7. The lowest BCUT2D eigenvalue weighted by Gasteiger charge is -2.37. The van der Waals surface area contributed by atoms with Crippen molar-refractivity contribution in [1.29, 1.82) is 0 Å². The van der Waals surface area contributed by atoms with Crippen LogP contribution in [0.1, 0.15) is 12.8 Å². The van der Waals surface area contributed by atoms with Gasteiger partial charge in [-0.25, -0.2) is 26.5 Å². The average molecular weight is 414 g/mol. The van der Waals surface area contributed by atoms with Crippen molar-refractivity contribution >= 4 is 32.3 Å². The van der Waals surface area contributed by atoms with Crippen LogP contribution in [0, 0.1) is 5.41 Å². The molecule has 1 aliphatic heterocycles. The molecule has 11 heteroatoms. The highest BCUT2D eigenvalue weighted by molar-refractivity contribution is 7.90. The molecule has 144 valence electrons. The van der Waals surface area contributed by atoms with Gasteiger partial charge in [0.15, 0.2) is 14.9 Å². The third-order valence-electron chi connectivity index (χ3n) is 4.15. The molecule has 25 heavy (non-hydrogen) atoms. The molecule has 0 unspecified atom stereocenters. The van der Waals surface area contributed by atoms with E-state index in [9.17, 15) is 16.8 Å². The minimum atomic E-state index is -3.76. The largest absolute Gasteiger partial charge is 0.384 e. The number of methoxy groups -OCH3 is 1. The summed E-state index contributed by atoms with van der Waals surface area (Å²) in [5.41, 5.74) is -0.243. The number of piperidine rings is 1. The maximum Gasteiger partial charge on any atom is 0.242 e. The van der Waals surface area contributed by atoms with E-state index in [0.717, 1.165) is 38.4 Å². The number of halogens is 1. The van der Waals surface area contributed by atoms with E-state index in [2.05, 4.69) is 15.0 Å². The number of sulfone groups is 1. The Labute approximate surface area is 155 Å². The predicted octanol–water partition coefficient (Wildman–Crippen LogP) is 0.201. The number of rotatable bonds is 7. The number of nitrogens with one attached hydrogen (secondary N) is 2. The fraction of sp³-hybridized carbons (Fsp3) is 0.643. The summed E-state index contributed by atoms with van der Waals surface area (Å²) >= 11 is 0. The van der Waals surface area contributed by atoms with E-state index < -0.39 is 19.9 Å². The zero-order valence-corrected chi connectivity index (χ0v) is 16.6. The van der Waals surface area contributed by atoms with Crippen molar-refractivity contribution in [2.45, 2.75) is 22.8 Å². The van der Waals surface area contributed by atoms with Gasteiger partial charge in [-0.2, -0.15) is 0 Å². The highest BCUT2D eigenvalue weighted by Gasteiger charge is 2.33. The number of sulfonamides is 1. The second-order valence-corrected chi connectivity index (χ2v) is 9.84. The van der Waals surface area contributed by atoms with Gasteiger partial charge in [-0.3, -0.25) is 0 Å². The first-order valence-electron chi connectivity index (χ1n) is 7.54. The standard InChI is InChI=1S/C14H23N3O5S2.ClH/c1-22-11-14(5-7-15-8-6-14)10-17-24(20,21)12-3-4-13(16-9-12)23(2,18)19;/h3-4,9,15,17H,5-8,10-11H2,1-2H3;1H. The molecule has 0 spiro atoms. The Morgan fingerprint density at radius 3 is 2.36 bits per heavy atom. The van der Waals surface area contributed by atoms with Gasteiger partial charge in [0.1, 0.15) is 4.90 Å². The van der Waals surface area contributed by atoms with E-state index in [1.807, 2.05) is 0 Å². The average Bonchev–Trinajstić information content (AvgIpc) is 2.54. The molecule has 0 radical (unpaired) electrons. The van der Waals surface area contributed by atoms with Crippen LogP contribution in [0.4, 0.5) is 0 Å². The minimum Gasteiger partial charge on any atom is -0.384 e. The Morgan fingerprint density at radius 1 is 1.24 bits per heavy atom. The van der Waals surface area contributed by atoms with Gasteiger partial charge in [-0.1, -0.05) is 0 Å². The first-order valence-corrected chi connectivity index (χ1v) is 10.9. The lowest BCUT2D eigenvalue weighted by molar-refractivity contribution is 0.0577. The topological polar surface area (TPSA) is 114 Å². The Morgan fingerprint density at radius 2 is 1.88 bits per heavy atom. The fourth-order valence-electron chi connectivity index (χ4n) is 2.71. The quantitative estimate of drug-likeness (QED) is 0.656. The predicted molar refractivity (Wildman–Crippen MR) is 96.2 cm³/mol. The molecule has 0 saturated carbocycles. The number of pyridine rings is 1. The minimum absolute atomic E-state index is 0. The van der Waals surface area contributed by atoms with Crippen LogP contribution in [0.15, 0.2) is 28.3 Å². The summed E-state index contributed by atoms with van der Waals surface area (Å²) in [6.45, 7) is 2.37.